The average Bonchev–Trinajstić information content (AvgIpc) is 2.46. The van der Waals surface area contributed by atoms with Gasteiger partial charge < -0.3 is 10.3 Å². The molecule has 15 heavy (non-hydrogen) atoms. The Morgan fingerprint density at radius 2 is 2.33 bits per heavy atom. The van der Waals surface area contributed by atoms with E-state index >= 15 is 0 Å². The smallest absolute Gasteiger partial charge is 0.184 e. The second kappa shape index (κ2) is 4.93. The molecule has 1 aromatic heterocycles. The van der Waals surface area contributed by atoms with Gasteiger partial charge in [0.2, 0.25) is 0 Å². The maximum atomic E-state index is 5.24. The van der Waals surface area contributed by atoms with Gasteiger partial charge >= 0.3 is 0 Å². The first-order valence-corrected chi connectivity index (χ1v) is 5.18. The Morgan fingerprint density at radius 3 is 2.80 bits per heavy atom. The van der Waals surface area contributed by atoms with Gasteiger partial charge in [-0.15, -0.1) is 0 Å². The molecule has 0 saturated heterocycles. The van der Waals surface area contributed by atoms with Crippen molar-refractivity contribution in [1.82, 2.24) is 9.99 Å². The van der Waals surface area contributed by atoms with Gasteiger partial charge in [0.25, 0.3) is 0 Å². The molecule has 1 aromatic rings. The van der Waals surface area contributed by atoms with E-state index in [9.17, 15) is 0 Å². The average molecular weight is 224 g/mol. The first-order chi connectivity index (χ1) is 7.00. The fourth-order valence-electron chi connectivity index (χ4n) is 1.41. The summed E-state index contributed by atoms with van der Waals surface area (Å²) >= 11 is 4.63. The highest BCUT2D eigenvalue weighted by molar-refractivity contribution is 7.80. The van der Waals surface area contributed by atoms with E-state index in [-0.39, 0.29) is 5.11 Å². The summed E-state index contributed by atoms with van der Waals surface area (Å²) in [5.74, 6) is 0. The van der Waals surface area contributed by atoms with E-state index in [4.69, 9.17) is 5.73 Å². The third-order valence-electron chi connectivity index (χ3n) is 2.02. The van der Waals surface area contributed by atoms with E-state index in [0.717, 1.165) is 5.56 Å². The molecule has 0 unspecified atom stereocenters. The summed E-state index contributed by atoms with van der Waals surface area (Å²) in [6.07, 6.45) is 3.75. The number of nitrogens with two attached hydrogens (primary N) is 1. The van der Waals surface area contributed by atoms with Crippen LogP contribution in [0.4, 0.5) is 0 Å². The molecular formula is C10H16N4S. The number of hydrogen-bond acceptors (Lipinski definition) is 2. The van der Waals surface area contributed by atoms with E-state index < -0.39 is 0 Å². The topological polar surface area (TPSA) is 55.3 Å². The fourth-order valence-corrected chi connectivity index (χ4v) is 1.47. The highest BCUT2D eigenvalue weighted by Crippen LogP contribution is 2.12. The molecule has 3 N–H and O–H groups in total. The Balaban J connectivity index is 2.75. The van der Waals surface area contributed by atoms with Crippen LogP contribution in [0.2, 0.25) is 0 Å². The Bertz CT molecular complexity index is 379. The van der Waals surface area contributed by atoms with E-state index in [1.54, 1.807) is 6.21 Å². The van der Waals surface area contributed by atoms with Crippen LogP contribution in [0.5, 0.6) is 0 Å². The van der Waals surface area contributed by atoms with Gasteiger partial charge in [0.15, 0.2) is 5.11 Å². The predicted octanol–water partition coefficient (Wildman–Crippen LogP) is 1.54. The zero-order valence-corrected chi connectivity index (χ0v) is 10.0. The zero-order valence-electron chi connectivity index (χ0n) is 9.19. The van der Waals surface area contributed by atoms with E-state index in [1.165, 1.54) is 5.69 Å². The molecule has 4 nitrogen and oxygen atoms in total. The number of aryl methyl sites for hydroxylation is 1. The van der Waals surface area contributed by atoms with Crippen molar-refractivity contribution in [1.29, 1.82) is 0 Å². The molecule has 0 spiro atoms. The van der Waals surface area contributed by atoms with Crippen LogP contribution in [0.3, 0.4) is 0 Å². The molecule has 0 saturated carbocycles. The lowest BCUT2D eigenvalue weighted by Crippen LogP contribution is -2.23. The zero-order chi connectivity index (χ0) is 11.4. The number of hydrogen-bond donors (Lipinski definition) is 2. The summed E-state index contributed by atoms with van der Waals surface area (Å²) in [6, 6.07) is 2.51. The number of thiocarbonyl (C=S) groups is 1. The van der Waals surface area contributed by atoms with Gasteiger partial charge in [-0.25, -0.2) is 0 Å². The summed E-state index contributed by atoms with van der Waals surface area (Å²) < 4.78 is 2.18. The Morgan fingerprint density at radius 1 is 1.67 bits per heavy atom. The summed E-state index contributed by atoms with van der Waals surface area (Å²) in [5.41, 5.74) is 10.0. The number of hydrazone groups is 1. The van der Waals surface area contributed by atoms with Crippen LogP contribution in [0, 0.1) is 6.92 Å². The van der Waals surface area contributed by atoms with Crippen LogP contribution in [0.25, 0.3) is 0 Å². The Hall–Kier alpha value is -1.36. The number of aromatic nitrogens is 1. The van der Waals surface area contributed by atoms with E-state index in [0.29, 0.717) is 6.04 Å². The molecule has 1 heterocycles. The van der Waals surface area contributed by atoms with Crippen LogP contribution in [-0.4, -0.2) is 15.9 Å². The second-order valence-corrected chi connectivity index (χ2v) is 4.09. The summed E-state index contributed by atoms with van der Waals surface area (Å²) in [6.45, 7) is 6.35. The van der Waals surface area contributed by atoms with Gasteiger partial charge in [0.05, 0.1) is 6.21 Å². The van der Waals surface area contributed by atoms with Crippen molar-refractivity contribution in [3.8, 4) is 0 Å². The quantitative estimate of drug-likeness (QED) is 0.465. The van der Waals surface area contributed by atoms with Crippen molar-refractivity contribution in [3.63, 3.8) is 0 Å². The fraction of sp³-hybridized carbons (Fsp3) is 0.400. The molecule has 1 rings (SSSR count). The van der Waals surface area contributed by atoms with E-state index in [1.807, 2.05) is 6.20 Å². The highest BCUT2D eigenvalue weighted by Gasteiger charge is 2.02. The second-order valence-electron chi connectivity index (χ2n) is 3.65. The molecule has 0 radical (unpaired) electrons. The van der Waals surface area contributed by atoms with Crippen LogP contribution in [0.15, 0.2) is 17.4 Å². The third-order valence-corrected chi connectivity index (χ3v) is 2.11. The summed E-state index contributed by atoms with van der Waals surface area (Å²) in [5, 5.41) is 4.07. The minimum atomic E-state index is 0.172. The van der Waals surface area contributed by atoms with Crippen molar-refractivity contribution < 1.29 is 0 Å². The minimum Gasteiger partial charge on any atom is -0.375 e. The number of nitrogens with zero attached hydrogens (tertiary/aromatic N) is 2. The molecule has 0 aromatic carbocycles. The van der Waals surface area contributed by atoms with Crippen LogP contribution in [-0.2, 0) is 0 Å². The molecule has 0 aliphatic rings. The standard InChI is InChI=1S/C10H16N4S/c1-7(2)14-6-9(4-8(14)3)5-12-13-10(11)15/h4-7H,1-3H3,(H3,11,13,15)/b12-5-. The maximum Gasteiger partial charge on any atom is 0.184 e. The lowest BCUT2D eigenvalue weighted by Gasteiger charge is -2.08. The van der Waals surface area contributed by atoms with Gasteiger partial charge in [-0.2, -0.15) is 5.10 Å². The first kappa shape index (κ1) is 11.7. The predicted molar refractivity (Wildman–Crippen MR) is 67.1 cm³/mol. The highest BCUT2D eigenvalue weighted by atomic mass is 32.1. The minimum absolute atomic E-state index is 0.172. The van der Waals surface area contributed by atoms with E-state index in [2.05, 4.69) is 54.1 Å². The summed E-state index contributed by atoms with van der Waals surface area (Å²) in [7, 11) is 0. The summed E-state index contributed by atoms with van der Waals surface area (Å²) in [4.78, 5) is 0. The van der Waals surface area contributed by atoms with Gasteiger partial charge in [0, 0.05) is 23.5 Å². The normalized spacial score (nSPS) is 11.2. The van der Waals surface area contributed by atoms with Crippen molar-refractivity contribution in [2.24, 2.45) is 10.8 Å². The monoisotopic (exact) mass is 224 g/mol. The molecule has 82 valence electrons. The molecular weight excluding hydrogens is 208 g/mol. The number of rotatable bonds is 3. The largest absolute Gasteiger partial charge is 0.375 e. The Labute approximate surface area is 95.2 Å². The van der Waals surface area contributed by atoms with Crippen molar-refractivity contribution in [2.45, 2.75) is 26.8 Å². The van der Waals surface area contributed by atoms with Crippen molar-refractivity contribution in [2.75, 3.05) is 0 Å². The van der Waals surface area contributed by atoms with Gasteiger partial charge in [-0.05, 0) is 39.1 Å². The molecule has 0 aliphatic heterocycles. The lowest BCUT2D eigenvalue weighted by molar-refractivity contribution is 0.589. The molecule has 0 atom stereocenters. The molecule has 0 aliphatic carbocycles. The molecule has 0 fully saturated rings. The van der Waals surface area contributed by atoms with Crippen molar-refractivity contribution in [3.05, 3.63) is 23.5 Å². The van der Waals surface area contributed by atoms with Crippen LogP contribution >= 0.6 is 12.2 Å². The third kappa shape index (κ3) is 3.36. The van der Waals surface area contributed by atoms with Gasteiger partial charge in [-0.1, -0.05) is 0 Å². The molecule has 0 bridgehead atoms. The number of nitrogens with one attached hydrogen (secondary N) is 1. The van der Waals surface area contributed by atoms with Crippen LogP contribution < -0.4 is 11.2 Å². The maximum absolute atomic E-state index is 5.24. The van der Waals surface area contributed by atoms with Crippen molar-refractivity contribution >= 4 is 23.5 Å². The van der Waals surface area contributed by atoms with Gasteiger partial charge in [0.1, 0.15) is 0 Å². The lowest BCUT2D eigenvalue weighted by atomic mass is 10.3. The SMILES string of the molecule is Cc1cc(/C=N\NC(N)=S)cn1C(C)C. The first-order valence-electron chi connectivity index (χ1n) is 4.77. The Kier molecular flexibility index (Phi) is 3.85. The molecule has 5 heteroatoms. The molecule has 0 amide bonds. The van der Waals surface area contributed by atoms with Crippen LogP contribution in [0.1, 0.15) is 31.1 Å². The van der Waals surface area contributed by atoms with Gasteiger partial charge in [-0.3, -0.25) is 5.43 Å².